The molecule has 0 aromatic heterocycles. The van der Waals surface area contributed by atoms with Gasteiger partial charge in [0, 0.05) is 0 Å². The van der Waals surface area contributed by atoms with Crippen molar-refractivity contribution in [3.05, 3.63) is 28.8 Å². The minimum absolute atomic E-state index is 0. The van der Waals surface area contributed by atoms with Crippen molar-refractivity contribution < 1.29 is 79.8 Å². The van der Waals surface area contributed by atoms with Gasteiger partial charge in [-0.15, -0.1) is 0 Å². The first kappa shape index (κ1) is 38.7. The fourth-order valence-corrected chi connectivity index (χ4v) is 6.29. The third-order valence-corrected chi connectivity index (χ3v) is 7.76. The summed E-state index contributed by atoms with van der Waals surface area (Å²) in [6.07, 6.45) is 3.72. The summed E-state index contributed by atoms with van der Waals surface area (Å²) in [6.45, 7) is 7.63. The number of carbonyl (C=O) groups is 1. The molecule has 2 aliphatic rings. The van der Waals surface area contributed by atoms with E-state index in [4.69, 9.17) is 0 Å². The minimum atomic E-state index is -4.59. The van der Waals surface area contributed by atoms with E-state index in [0.29, 0.717) is 12.0 Å². The molecule has 0 unspecified atom stereocenters. The molecule has 0 spiro atoms. The second-order valence-corrected chi connectivity index (χ2v) is 10.1. The number of fused-ring (bicyclic) bond motifs is 3. The van der Waals surface area contributed by atoms with E-state index < -0.39 is 26.9 Å². The SMILES string of the molecule is CC(C)c1cc2c(cc1S(=O)(=O)[O-])[C@@]1(C)CCC[C@@](C)(C(=O)O)[C@@H]1CC2.O.O.O.O.O.[Na+]. The molecule has 0 heterocycles. The van der Waals surface area contributed by atoms with Crippen molar-refractivity contribution in [3.63, 3.8) is 0 Å². The van der Waals surface area contributed by atoms with Crippen molar-refractivity contribution in [2.24, 2.45) is 11.3 Å². The van der Waals surface area contributed by atoms with Crippen LogP contribution in [-0.4, -0.2) is 51.4 Å². The summed E-state index contributed by atoms with van der Waals surface area (Å²) >= 11 is 0. The number of carboxylic acids is 1. The van der Waals surface area contributed by atoms with Crippen molar-refractivity contribution in [2.75, 3.05) is 0 Å². The summed E-state index contributed by atoms with van der Waals surface area (Å²) in [5.41, 5.74) is 1.25. The van der Waals surface area contributed by atoms with Gasteiger partial charge in [0.05, 0.1) is 10.3 Å². The molecule has 11 N–H and O–H groups in total. The van der Waals surface area contributed by atoms with Crippen molar-refractivity contribution in [1.29, 1.82) is 0 Å². The van der Waals surface area contributed by atoms with Gasteiger partial charge in [-0.25, -0.2) is 8.42 Å². The molecule has 184 valence electrons. The molecule has 10 nitrogen and oxygen atoms in total. The van der Waals surface area contributed by atoms with Gasteiger partial charge in [-0.05, 0) is 72.6 Å². The number of rotatable bonds is 3. The van der Waals surface area contributed by atoms with Crippen LogP contribution in [0.3, 0.4) is 0 Å². The summed E-state index contributed by atoms with van der Waals surface area (Å²) < 4.78 is 35.7. The largest absolute Gasteiger partial charge is 1.00 e. The van der Waals surface area contributed by atoms with E-state index in [1.54, 1.807) is 6.07 Å². The van der Waals surface area contributed by atoms with E-state index in [-0.39, 0.29) is 73.7 Å². The van der Waals surface area contributed by atoms with E-state index in [2.05, 4.69) is 0 Å². The van der Waals surface area contributed by atoms with Crippen LogP contribution < -0.4 is 29.6 Å². The second kappa shape index (κ2) is 12.7. The Labute approximate surface area is 211 Å². The number of hydrogen-bond donors (Lipinski definition) is 1. The fraction of sp³-hybridized carbons (Fsp3) is 0.650. The molecule has 3 rings (SSSR count). The normalized spacial score (nSPS) is 25.5. The zero-order chi connectivity index (χ0) is 19.5. The number of benzene rings is 1. The maximum absolute atomic E-state index is 12.0. The molecule has 0 bridgehead atoms. The molecule has 32 heavy (non-hydrogen) atoms. The smallest absolute Gasteiger partial charge is 0.744 e. The molecule has 0 amide bonds. The van der Waals surface area contributed by atoms with Gasteiger partial charge in [-0.2, -0.15) is 0 Å². The Morgan fingerprint density at radius 3 is 2.06 bits per heavy atom. The van der Waals surface area contributed by atoms with Crippen LogP contribution in [0.15, 0.2) is 17.0 Å². The average Bonchev–Trinajstić information content (AvgIpc) is 2.52. The van der Waals surface area contributed by atoms with Gasteiger partial charge in [0.1, 0.15) is 10.1 Å². The summed E-state index contributed by atoms with van der Waals surface area (Å²) in [4.78, 5) is 11.9. The quantitative estimate of drug-likeness (QED) is 0.335. The predicted octanol–water partition coefficient (Wildman–Crippen LogP) is -3.31. The maximum atomic E-state index is 12.0. The van der Waals surface area contributed by atoms with Crippen molar-refractivity contribution in [3.8, 4) is 0 Å². The summed E-state index contributed by atoms with van der Waals surface area (Å²) in [5.74, 6) is -0.923. The third-order valence-electron chi connectivity index (χ3n) is 6.86. The molecule has 1 aromatic rings. The van der Waals surface area contributed by atoms with Gasteiger partial charge in [0.2, 0.25) is 0 Å². The van der Waals surface area contributed by atoms with E-state index in [9.17, 15) is 22.9 Å². The van der Waals surface area contributed by atoms with Gasteiger partial charge in [-0.1, -0.05) is 33.3 Å². The first-order valence-corrected chi connectivity index (χ1v) is 10.7. The number of carboxylic acid groups (broad SMARTS) is 1. The van der Waals surface area contributed by atoms with Gasteiger partial charge >= 0.3 is 35.5 Å². The first-order valence-electron chi connectivity index (χ1n) is 9.28. The Kier molecular flexibility index (Phi) is 15.4. The maximum Gasteiger partial charge on any atom is 1.00 e. The second-order valence-electron chi connectivity index (χ2n) is 8.74. The standard InChI is InChI=1S/C20H28O5S.Na.5H2O/c1-12(2)14-10-13-6-7-17-19(3,8-5-9-20(17,4)18(21)22)15(13)11-16(14)26(23,24)25;;;;;;/h10-12,17H,5-9H2,1-4H3,(H,21,22)(H,23,24,25);;5*1H2/q;+1;;;;;/p-1/t17-,19-,20-;;;;;;/m1....../s1. The number of aryl methyl sites for hydroxylation is 1. The van der Waals surface area contributed by atoms with Gasteiger partial charge in [0.15, 0.2) is 0 Å². The molecule has 1 saturated carbocycles. The van der Waals surface area contributed by atoms with Crippen LogP contribution in [0.4, 0.5) is 0 Å². The average molecular weight is 493 g/mol. The van der Waals surface area contributed by atoms with Crippen molar-refractivity contribution >= 4 is 16.1 Å². The molecule has 12 heteroatoms. The van der Waals surface area contributed by atoms with E-state index >= 15 is 0 Å². The van der Waals surface area contributed by atoms with Crippen molar-refractivity contribution in [2.45, 2.75) is 76.0 Å². The molecule has 1 fully saturated rings. The zero-order valence-corrected chi connectivity index (χ0v) is 22.1. The third kappa shape index (κ3) is 6.09. The molecule has 0 radical (unpaired) electrons. The summed E-state index contributed by atoms with van der Waals surface area (Å²) in [5, 5.41) is 9.85. The Morgan fingerprint density at radius 2 is 1.62 bits per heavy atom. The van der Waals surface area contributed by atoms with Gasteiger partial charge in [-0.3, -0.25) is 4.79 Å². The fourth-order valence-electron chi connectivity index (χ4n) is 5.44. The van der Waals surface area contributed by atoms with Crippen LogP contribution in [0.25, 0.3) is 0 Å². The molecular weight excluding hydrogens is 455 g/mol. The van der Waals surface area contributed by atoms with Crippen LogP contribution in [0.2, 0.25) is 0 Å². The Hall–Kier alpha value is -0.600. The molecule has 0 aliphatic heterocycles. The molecule has 1 aromatic carbocycles. The van der Waals surface area contributed by atoms with Crippen LogP contribution >= 0.6 is 0 Å². The zero-order valence-electron chi connectivity index (χ0n) is 19.3. The van der Waals surface area contributed by atoms with Crippen LogP contribution in [0, 0.1) is 11.3 Å². The van der Waals surface area contributed by atoms with Crippen LogP contribution in [0.5, 0.6) is 0 Å². The summed E-state index contributed by atoms with van der Waals surface area (Å²) in [6, 6.07) is 3.44. The Balaban J connectivity index is -0.000000653. The number of hydrogen-bond acceptors (Lipinski definition) is 4. The van der Waals surface area contributed by atoms with E-state index in [1.165, 1.54) is 0 Å². The van der Waals surface area contributed by atoms with Crippen LogP contribution in [-0.2, 0) is 26.7 Å². The summed E-state index contributed by atoms with van der Waals surface area (Å²) in [7, 11) is -4.59. The van der Waals surface area contributed by atoms with E-state index in [1.807, 2.05) is 33.8 Å². The van der Waals surface area contributed by atoms with Gasteiger partial charge in [0.25, 0.3) is 0 Å². The Morgan fingerprint density at radius 1 is 1.09 bits per heavy atom. The molecule has 2 aliphatic carbocycles. The molecule has 0 saturated heterocycles. The minimum Gasteiger partial charge on any atom is -0.744 e. The Bertz CT molecular complexity index is 873. The monoisotopic (exact) mass is 492 g/mol. The number of aliphatic carboxylic acids is 1. The molecule has 3 atom stereocenters. The van der Waals surface area contributed by atoms with E-state index in [0.717, 1.165) is 36.8 Å². The molecular formula is C20H37NaO10S. The van der Waals surface area contributed by atoms with Crippen LogP contribution in [0.1, 0.15) is 76.0 Å². The van der Waals surface area contributed by atoms with Crippen molar-refractivity contribution in [1.82, 2.24) is 0 Å². The predicted molar refractivity (Wildman–Crippen MR) is 115 cm³/mol. The topological polar surface area (TPSA) is 252 Å². The van der Waals surface area contributed by atoms with Gasteiger partial charge < -0.3 is 37.0 Å². The first-order chi connectivity index (χ1) is 11.9.